The number of carbonyl (C=O) groups excluding carboxylic acids is 1. The molecule has 0 radical (unpaired) electrons. The van der Waals surface area contributed by atoms with Crippen LogP contribution in [0.3, 0.4) is 0 Å². The lowest BCUT2D eigenvalue weighted by Gasteiger charge is -2.26. The molecule has 3 aliphatic rings. The summed E-state index contributed by atoms with van der Waals surface area (Å²) in [6, 6.07) is 13.1. The van der Waals surface area contributed by atoms with Crippen LogP contribution < -0.4 is 9.62 Å². The average molecular weight is 425 g/mol. The molecule has 2 aliphatic carbocycles. The highest BCUT2D eigenvalue weighted by Crippen LogP contribution is 2.44. The van der Waals surface area contributed by atoms with Crippen molar-refractivity contribution in [3.63, 3.8) is 0 Å². The molecule has 1 amide bonds. The number of aryl methyl sites for hydroxylation is 1. The first-order chi connectivity index (χ1) is 14.3. The molecule has 2 aromatic carbocycles. The molecule has 1 atom stereocenters. The number of amides is 1. The Morgan fingerprint density at radius 3 is 2.63 bits per heavy atom. The number of fused-ring (bicyclic) bond motifs is 2. The topological polar surface area (TPSA) is 66.5 Å². The minimum atomic E-state index is -3.67. The Balaban J connectivity index is 1.46. The van der Waals surface area contributed by atoms with Crippen LogP contribution in [0.25, 0.3) is 0 Å². The van der Waals surface area contributed by atoms with Gasteiger partial charge in [0.1, 0.15) is 0 Å². The number of benzene rings is 2. The third-order valence-electron chi connectivity index (χ3n) is 6.71. The Kier molecular flexibility index (Phi) is 4.56. The highest BCUT2D eigenvalue weighted by atomic mass is 32.2. The second-order valence-corrected chi connectivity index (χ2v) is 11.2. The molecule has 0 bridgehead atoms. The zero-order valence-corrected chi connectivity index (χ0v) is 18.3. The number of carbonyl (C=O) groups is 1. The van der Waals surface area contributed by atoms with E-state index in [1.54, 1.807) is 12.1 Å². The fourth-order valence-corrected chi connectivity index (χ4v) is 6.18. The van der Waals surface area contributed by atoms with E-state index in [9.17, 15) is 13.2 Å². The van der Waals surface area contributed by atoms with Gasteiger partial charge in [-0.05, 0) is 67.0 Å². The summed E-state index contributed by atoms with van der Waals surface area (Å²) in [7, 11) is -3.67. The van der Waals surface area contributed by atoms with E-state index in [-0.39, 0.29) is 28.2 Å². The molecule has 1 fully saturated rings. The number of hydrogen-bond donors (Lipinski definition) is 1. The number of hydrogen-bond acceptors (Lipinski definition) is 3. The zero-order valence-electron chi connectivity index (χ0n) is 17.5. The van der Waals surface area contributed by atoms with Gasteiger partial charge in [0.05, 0.1) is 4.90 Å². The monoisotopic (exact) mass is 424 g/mol. The van der Waals surface area contributed by atoms with E-state index in [0.29, 0.717) is 6.54 Å². The van der Waals surface area contributed by atoms with Gasteiger partial charge in [0.15, 0.2) is 0 Å². The highest BCUT2D eigenvalue weighted by molar-refractivity contribution is 7.89. The summed E-state index contributed by atoms with van der Waals surface area (Å²) in [6.07, 6.45) is 4.69. The molecule has 2 aromatic rings. The van der Waals surface area contributed by atoms with Crippen molar-refractivity contribution in [1.29, 1.82) is 0 Å². The molecular weight excluding hydrogens is 396 g/mol. The van der Waals surface area contributed by atoms with Crippen LogP contribution >= 0.6 is 0 Å². The van der Waals surface area contributed by atoms with Gasteiger partial charge in [-0.1, -0.05) is 38.1 Å². The molecule has 158 valence electrons. The van der Waals surface area contributed by atoms with Crippen LogP contribution in [-0.4, -0.2) is 20.9 Å². The maximum absolute atomic E-state index is 13.3. The van der Waals surface area contributed by atoms with Crippen LogP contribution in [0, 0.1) is 5.92 Å². The van der Waals surface area contributed by atoms with Crippen molar-refractivity contribution in [1.82, 2.24) is 4.72 Å². The summed E-state index contributed by atoms with van der Waals surface area (Å²) in [5.41, 5.74) is 3.82. The third kappa shape index (κ3) is 3.36. The van der Waals surface area contributed by atoms with E-state index in [0.717, 1.165) is 48.9 Å². The van der Waals surface area contributed by atoms with Crippen molar-refractivity contribution in [2.75, 3.05) is 11.4 Å². The van der Waals surface area contributed by atoms with E-state index in [2.05, 4.69) is 24.6 Å². The maximum Gasteiger partial charge on any atom is 0.241 e. The predicted molar refractivity (Wildman–Crippen MR) is 117 cm³/mol. The van der Waals surface area contributed by atoms with E-state index in [1.807, 2.05) is 29.2 Å². The summed E-state index contributed by atoms with van der Waals surface area (Å²) >= 11 is 0. The Bertz CT molecular complexity index is 1120. The first kappa shape index (κ1) is 19.8. The van der Waals surface area contributed by atoms with Crippen molar-refractivity contribution < 1.29 is 13.2 Å². The van der Waals surface area contributed by atoms with Crippen LogP contribution in [0.2, 0.25) is 0 Å². The van der Waals surface area contributed by atoms with Crippen LogP contribution in [0.5, 0.6) is 0 Å². The normalized spacial score (nSPS) is 22.5. The second-order valence-electron chi connectivity index (χ2n) is 9.53. The van der Waals surface area contributed by atoms with E-state index in [1.165, 1.54) is 5.56 Å². The molecule has 0 spiro atoms. The quantitative estimate of drug-likeness (QED) is 0.804. The van der Waals surface area contributed by atoms with Gasteiger partial charge in [-0.15, -0.1) is 0 Å². The van der Waals surface area contributed by atoms with Gasteiger partial charge in [-0.3, -0.25) is 4.79 Å². The van der Waals surface area contributed by atoms with Gasteiger partial charge < -0.3 is 4.90 Å². The van der Waals surface area contributed by atoms with E-state index < -0.39 is 10.0 Å². The van der Waals surface area contributed by atoms with Crippen molar-refractivity contribution in [3.05, 3.63) is 59.2 Å². The molecule has 1 heterocycles. The van der Waals surface area contributed by atoms with Gasteiger partial charge in [0, 0.05) is 29.6 Å². The molecule has 1 aliphatic heterocycles. The number of anilines is 1. The summed E-state index contributed by atoms with van der Waals surface area (Å²) in [5, 5.41) is 0. The Morgan fingerprint density at radius 2 is 1.87 bits per heavy atom. The highest BCUT2D eigenvalue weighted by Gasteiger charge is 2.43. The standard InChI is InChI=1S/C24H28N2O3S/c1-24(2)15-26(23(27)17-10-11-17)22-13-12-18(14-20(22)24)30(28,29)25-21-9-5-7-16-6-3-4-8-19(16)21/h3-4,6,8,12-14,17,21,25H,5,7,9-11,15H2,1-2H3/t21-/m0/s1. The Labute approximate surface area is 178 Å². The van der Waals surface area contributed by atoms with Gasteiger partial charge in [-0.25, -0.2) is 13.1 Å². The number of nitrogens with zero attached hydrogens (tertiary/aromatic N) is 1. The van der Waals surface area contributed by atoms with E-state index >= 15 is 0 Å². The first-order valence-electron chi connectivity index (χ1n) is 10.8. The largest absolute Gasteiger partial charge is 0.311 e. The average Bonchev–Trinajstić information content (AvgIpc) is 3.53. The van der Waals surface area contributed by atoms with Gasteiger partial charge in [0.25, 0.3) is 0 Å². The maximum atomic E-state index is 13.3. The SMILES string of the molecule is CC1(C)CN(C(=O)C2CC2)c2ccc(S(=O)(=O)N[C@H]3CCCc4ccccc43)cc21. The molecular formula is C24H28N2O3S. The lowest BCUT2D eigenvalue weighted by molar-refractivity contribution is -0.119. The minimum absolute atomic E-state index is 0.142. The first-order valence-corrected chi connectivity index (χ1v) is 12.3. The van der Waals surface area contributed by atoms with Crippen molar-refractivity contribution >= 4 is 21.6 Å². The molecule has 1 saturated carbocycles. The zero-order chi connectivity index (χ0) is 21.1. The third-order valence-corrected chi connectivity index (χ3v) is 8.18. The van der Waals surface area contributed by atoms with Gasteiger partial charge >= 0.3 is 0 Å². The summed E-state index contributed by atoms with van der Waals surface area (Å²) in [6.45, 7) is 4.75. The molecule has 0 aromatic heterocycles. The molecule has 5 nitrogen and oxygen atoms in total. The van der Waals surface area contributed by atoms with Gasteiger partial charge in [0.2, 0.25) is 15.9 Å². The summed E-state index contributed by atoms with van der Waals surface area (Å²) < 4.78 is 29.5. The van der Waals surface area contributed by atoms with Crippen LogP contribution in [0.4, 0.5) is 5.69 Å². The molecule has 0 saturated heterocycles. The Hall–Kier alpha value is -2.18. The molecule has 5 rings (SSSR count). The van der Waals surface area contributed by atoms with Gasteiger partial charge in [-0.2, -0.15) is 0 Å². The minimum Gasteiger partial charge on any atom is -0.311 e. The summed E-state index contributed by atoms with van der Waals surface area (Å²) in [5.74, 6) is 0.317. The molecule has 1 N–H and O–H groups in total. The number of nitrogens with one attached hydrogen (secondary N) is 1. The predicted octanol–water partition coefficient (Wildman–Crippen LogP) is 4.08. The molecule has 0 unspecified atom stereocenters. The fraction of sp³-hybridized carbons (Fsp3) is 0.458. The van der Waals surface area contributed by atoms with Crippen molar-refractivity contribution in [2.24, 2.45) is 5.92 Å². The number of rotatable bonds is 4. The summed E-state index contributed by atoms with van der Waals surface area (Å²) in [4.78, 5) is 14.8. The second kappa shape index (κ2) is 6.92. The Morgan fingerprint density at radius 1 is 1.10 bits per heavy atom. The lowest BCUT2D eigenvalue weighted by atomic mass is 9.87. The molecule has 30 heavy (non-hydrogen) atoms. The lowest BCUT2D eigenvalue weighted by Crippen LogP contribution is -2.34. The van der Waals surface area contributed by atoms with E-state index in [4.69, 9.17) is 0 Å². The molecule has 6 heteroatoms. The fourth-order valence-electron chi connectivity index (χ4n) is 4.90. The smallest absolute Gasteiger partial charge is 0.241 e. The van der Waals surface area contributed by atoms with Crippen molar-refractivity contribution in [2.45, 2.75) is 62.3 Å². The number of sulfonamides is 1. The van der Waals surface area contributed by atoms with Crippen molar-refractivity contribution in [3.8, 4) is 0 Å². The van der Waals surface area contributed by atoms with Crippen LogP contribution in [0.1, 0.15) is 62.3 Å². The van der Waals surface area contributed by atoms with Crippen LogP contribution in [-0.2, 0) is 26.7 Å². The van der Waals surface area contributed by atoms with Crippen LogP contribution in [0.15, 0.2) is 47.4 Å².